The lowest BCUT2D eigenvalue weighted by Gasteiger charge is -2.62. The van der Waals surface area contributed by atoms with Gasteiger partial charge < -0.3 is 36.1 Å². The van der Waals surface area contributed by atoms with Crippen LogP contribution in [-0.4, -0.2) is 55.9 Å². The first-order chi connectivity index (χ1) is 20.8. The molecule has 9 nitrogen and oxygen atoms in total. The summed E-state index contributed by atoms with van der Waals surface area (Å²) in [5, 5.41) is 37.8. The van der Waals surface area contributed by atoms with Gasteiger partial charge in [-0.15, -0.1) is 0 Å². The Balaban J connectivity index is 1.12. The Morgan fingerprint density at radius 1 is 1.12 bits per heavy atom. The zero-order valence-corrected chi connectivity index (χ0v) is 23.8. The standard InChI is InChI=1S/C34H35N5O4/c35-32(36-16-18-3-7-22(40)8-4-18)37-21-6-9-25-23(14-21)24-15-34(42)27-13-20-5-10-26(41)30-28(20)33(34,31(43-30)29(24)38-25)11-12-39(27)17-19-1-2-19/h3-10,14,19,27,31,38,40-42H,1-2,11-13,15-17H2,(H3,35,36,37)/t27-,31?,33+,34-/m1/s1. The van der Waals surface area contributed by atoms with Gasteiger partial charge in [-0.3, -0.25) is 4.90 Å². The van der Waals surface area contributed by atoms with E-state index in [4.69, 9.17) is 10.5 Å². The van der Waals surface area contributed by atoms with Crippen molar-refractivity contribution in [2.45, 2.75) is 61.8 Å². The Hall–Kier alpha value is -4.21. The maximum atomic E-state index is 13.1. The number of H-pyrrole nitrogens is 1. The van der Waals surface area contributed by atoms with Crippen LogP contribution in [0.1, 0.15) is 53.3 Å². The minimum absolute atomic E-state index is 0.0157. The highest BCUT2D eigenvalue weighted by Crippen LogP contribution is 2.69. The van der Waals surface area contributed by atoms with Crippen LogP contribution >= 0.6 is 0 Å². The second kappa shape index (κ2) is 8.67. The first-order valence-corrected chi connectivity index (χ1v) is 15.3. The number of hydrogen-bond acceptors (Lipinski definition) is 6. The summed E-state index contributed by atoms with van der Waals surface area (Å²) in [6.07, 6.45) is 4.19. The molecule has 2 bridgehead atoms. The highest BCUT2D eigenvalue weighted by Gasteiger charge is 2.72. The van der Waals surface area contributed by atoms with Crippen molar-refractivity contribution in [3.05, 3.63) is 82.5 Å². The molecular weight excluding hydrogens is 542 g/mol. The Labute approximate surface area is 249 Å². The van der Waals surface area contributed by atoms with Gasteiger partial charge >= 0.3 is 0 Å². The van der Waals surface area contributed by atoms with Crippen LogP contribution in [0.15, 0.2) is 59.6 Å². The summed E-state index contributed by atoms with van der Waals surface area (Å²) in [7, 11) is 0. The van der Waals surface area contributed by atoms with Crippen molar-refractivity contribution in [1.29, 1.82) is 0 Å². The van der Waals surface area contributed by atoms with Gasteiger partial charge in [0.2, 0.25) is 0 Å². The summed E-state index contributed by atoms with van der Waals surface area (Å²) in [4.78, 5) is 10.7. The van der Waals surface area contributed by atoms with Crippen molar-refractivity contribution in [2.75, 3.05) is 18.4 Å². The number of phenols is 2. The van der Waals surface area contributed by atoms with Gasteiger partial charge in [-0.1, -0.05) is 18.2 Å². The molecule has 220 valence electrons. The normalized spacial score (nSPS) is 28.8. The van der Waals surface area contributed by atoms with E-state index in [1.54, 1.807) is 18.2 Å². The number of nitrogens with zero attached hydrogens (tertiary/aromatic N) is 2. The number of aromatic nitrogens is 1. The largest absolute Gasteiger partial charge is 0.508 e. The molecule has 1 aromatic heterocycles. The molecule has 0 radical (unpaired) electrons. The van der Waals surface area contributed by atoms with Crippen molar-refractivity contribution < 1.29 is 20.1 Å². The molecule has 7 N–H and O–H groups in total. The molecule has 9 rings (SSSR count). The SMILES string of the molecule is NC(=NCc1ccc(O)cc1)Nc1ccc2[nH]c3c(c2c1)C[C@@]1(O)[C@H]2Cc4ccc(O)c5c4[C@@]1(CCN2CC1CC1)C3O5. The summed E-state index contributed by atoms with van der Waals surface area (Å²) in [6.45, 7) is 2.35. The first kappa shape index (κ1) is 25.3. The van der Waals surface area contributed by atoms with Gasteiger partial charge in [0.05, 0.1) is 23.3 Å². The minimum Gasteiger partial charge on any atom is -0.508 e. The van der Waals surface area contributed by atoms with Crippen molar-refractivity contribution in [3.8, 4) is 17.2 Å². The fourth-order valence-electron chi connectivity index (χ4n) is 8.66. The zero-order chi connectivity index (χ0) is 29.1. The van der Waals surface area contributed by atoms with Gasteiger partial charge in [-0.2, -0.15) is 0 Å². The number of hydrogen-bond donors (Lipinski definition) is 6. The van der Waals surface area contributed by atoms with E-state index in [9.17, 15) is 15.3 Å². The average Bonchev–Trinajstić information content (AvgIpc) is 3.64. The lowest BCUT2D eigenvalue weighted by atomic mass is 9.49. The first-order valence-electron chi connectivity index (χ1n) is 15.3. The van der Waals surface area contributed by atoms with Crippen LogP contribution in [0.3, 0.4) is 0 Å². The van der Waals surface area contributed by atoms with Crippen LogP contribution in [0.4, 0.5) is 5.69 Å². The number of phenolic OH excluding ortho intramolecular Hbond substituents is 2. The van der Waals surface area contributed by atoms with E-state index in [1.807, 2.05) is 30.3 Å². The average molecular weight is 578 g/mol. The summed E-state index contributed by atoms with van der Waals surface area (Å²) in [5.41, 5.74) is 11.6. The van der Waals surface area contributed by atoms with Crippen LogP contribution in [-0.2, 0) is 24.8 Å². The van der Waals surface area contributed by atoms with E-state index in [1.165, 1.54) is 18.4 Å². The summed E-state index contributed by atoms with van der Waals surface area (Å²) in [5.74, 6) is 1.93. The van der Waals surface area contributed by atoms with Gasteiger partial charge in [0.15, 0.2) is 23.6 Å². The molecule has 1 saturated heterocycles. The Kier molecular flexibility index (Phi) is 5.10. The predicted octanol–water partition coefficient (Wildman–Crippen LogP) is 4.21. The quantitative estimate of drug-likeness (QED) is 0.154. The molecule has 3 aromatic carbocycles. The molecule has 1 spiro atoms. The lowest BCUT2D eigenvalue weighted by Crippen LogP contribution is -2.74. The van der Waals surface area contributed by atoms with Gasteiger partial charge in [0, 0.05) is 41.2 Å². The number of nitrogens with two attached hydrogens (primary N) is 1. The van der Waals surface area contributed by atoms with Crippen LogP contribution in [0.2, 0.25) is 0 Å². The highest BCUT2D eigenvalue weighted by molar-refractivity contribution is 5.96. The molecule has 1 saturated carbocycles. The number of likely N-dealkylation sites (tertiary alicyclic amines) is 1. The Morgan fingerprint density at radius 3 is 2.77 bits per heavy atom. The number of aliphatic imine (C=N–C) groups is 1. The van der Waals surface area contributed by atoms with E-state index < -0.39 is 17.1 Å². The number of aromatic hydroxyl groups is 2. The number of aliphatic hydroxyl groups is 1. The van der Waals surface area contributed by atoms with E-state index in [-0.39, 0.29) is 17.5 Å². The third-order valence-electron chi connectivity index (χ3n) is 10.8. The van der Waals surface area contributed by atoms with E-state index in [0.717, 1.165) is 70.8 Å². The number of guanidine groups is 1. The molecule has 5 aliphatic rings. The molecule has 4 aromatic rings. The molecule has 3 aliphatic carbocycles. The number of benzene rings is 3. The summed E-state index contributed by atoms with van der Waals surface area (Å²) >= 11 is 0. The van der Waals surface area contributed by atoms with Gasteiger partial charge in [0.25, 0.3) is 0 Å². The molecular formula is C34H35N5O4. The second-order valence-electron chi connectivity index (χ2n) is 13.2. The monoisotopic (exact) mass is 577 g/mol. The van der Waals surface area contributed by atoms with Gasteiger partial charge in [0.1, 0.15) is 5.75 Å². The van der Waals surface area contributed by atoms with Crippen LogP contribution in [0.25, 0.3) is 10.9 Å². The fraction of sp³-hybridized carbons (Fsp3) is 0.382. The lowest BCUT2D eigenvalue weighted by molar-refractivity contribution is -0.173. The maximum absolute atomic E-state index is 13.1. The van der Waals surface area contributed by atoms with Crippen LogP contribution in [0, 0.1) is 5.92 Å². The number of aromatic amines is 1. The van der Waals surface area contributed by atoms with Crippen LogP contribution < -0.4 is 15.8 Å². The van der Waals surface area contributed by atoms with Crippen molar-refractivity contribution in [2.24, 2.45) is 16.6 Å². The molecule has 43 heavy (non-hydrogen) atoms. The number of rotatable bonds is 5. The third kappa shape index (κ3) is 3.49. The predicted molar refractivity (Wildman–Crippen MR) is 164 cm³/mol. The zero-order valence-electron chi connectivity index (χ0n) is 23.8. The molecule has 4 atom stereocenters. The Bertz CT molecular complexity index is 1830. The number of anilines is 1. The van der Waals surface area contributed by atoms with Crippen molar-refractivity contribution in [1.82, 2.24) is 9.88 Å². The summed E-state index contributed by atoms with van der Waals surface area (Å²) in [6, 6.07) is 16.8. The molecule has 9 heteroatoms. The second-order valence-corrected chi connectivity index (χ2v) is 13.2. The van der Waals surface area contributed by atoms with Gasteiger partial charge in [-0.25, -0.2) is 4.99 Å². The third-order valence-corrected chi connectivity index (χ3v) is 10.8. The molecule has 2 aliphatic heterocycles. The van der Waals surface area contributed by atoms with E-state index >= 15 is 0 Å². The number of piperidine rings is 1. The molecule has 1 unspecified atom stereocenters. The van der Waals surface area contributed by atoms with E-state index in [0.29, 0.717) is 24.7 Å². The summed E-state index contributed by atoms with van der Waals surface area (Å²) < 4.78 is 6.71. The molecule has 0 amide bonds. The number of nitrogens with one attached hydrogen (secondary N) is 2. The Morgan fingerprint density at radius 2 is 1.95 bits per heavy atom. The number of fused-ring (bicyclic) bond motifs is 4. The maximum Gasteiger partial charge on any atom is 0.193 e. The van der Waals surface area contributed by atoms with E-state index in [2.05, 4.69) is 26.3 Å². The highest BCUT2D eigenvalue weighted by atomic mass is 16.5. The smallest absolute Gasteiger partial charge is 0.193 e. The molecule has 2 fully saturated rings. The minimum atomic E-state index is -1.03. The molecule has 3 heterocycles. The van der Waals surface area contributed by atoms with Crippen molar-refractivity contribution in [3.63, 3.8) is 0 Å². The fourth-order valence-corrected chi connectivity index (χ4v) is 8.66. The van der Waals surface area contributed by atoms with Crippen molar-refractivity contribution >= 4 is 22.5 Å². The number of ether oxygens (including phenoxy) is 1. The van der Waals surface area contributed by atoms with Crippen LogP contribution in [0.5, 0.6) is 17.2 Å². The van der Waals surface area contributed by atoms with Gasteiger partial charge in [-0.05, 0) is 91.2 Å². The topological polar surface area (TPSA) is 139 Å².